The Balaban J connectivity index is 2.39. The molecule has 0 aliphatic carbocycles. The number of rotatable bonds is 1. The number of hydrogen-bond donors (Lipinski definition) is 1. The Kier molecular flexibility index (Phi) is 1.84. The van der Waals surface area contributed by atoms with E-state index in [1.807, 2.05) is 24.0 Å². The molecule has 1 atom stereocenters. The lowest BCUT2D eigenvalue weighted by atomic mass is 10.1. The molecule has 2 N–H and O–H groups in total. The first-order valence-corrected chi connectivity index (χ1v) is 4.68. The Hall–Kier alpha value is -0.540. The average molecular weight is 166 g/mol. The highest BCUT2D eigenvalue weighted by atomic mass is 32.2. The quantitative estimate of drug-likeness (QED) is 0.682. The second-order valence-electron chi connectivity index (χ2n) is 2.63. The maximum Gasteiger partial charge on any atom is 0.0591 e. The number of thioether (sulfide) groups is 1. The van der Waals surface area contributed by atoms with Crippen molar-refractivity contribution >= 4 is 11.8 Å². The van der Waals surface area contributed by atoms with Gasteiger partial charge in [-0.05, 0) is 12.1 Å². The standard InChI is InChI=1S/C8H10N2S/c9-4-6-5-11-7-2-1-3-10-8(6)7/h1-3,6H,4-5,9H2/t6-/m0/s1. The third kappa shape index (κ3) is 1.14. The van der Waals surface area contributed by atoms with Crippen LogP contribution in [0.3, 0.4) is 0 Å². The number of aromatic nitrogens is 1. The Bertz CT molecular complexity index is 262. The summed E-state index contributed by atoms with van der Waals surface area (Å²) >= 11 is 1.86. The van der Waals surface area contributed by atoms with E-state index in [4.69, 9.17) is 5.73 Å². The zero-order valence-corrected chi connectivity index (χ0v) is 6.97. The molecular weight excluding hydrogens is 156 g/mol. The minimum atomic E-state index is 0.483. The van der Waals surface area contributed by atoms with Crippen molar-refractivity contribution in [2.75, 3.05) is 12.3 Å². The predicted molar refractivity (Wildman–Crippen MR) is 46.8 cm³/mol. The Morgan fingerprint density at radius 1 is 1.73 bits per heavy atom. The van der Waals surface area contributed by atoms with Crippen molar-refractivity contribution in [1.29, 1.82) is 0 Å². The number of pyridine rings is 1. The fourth-order valence-electron chi connectivity index (χ4n) is 1.28. The summed E-state index contributed by atoms with van der Waals surface area (Å²) in [7, 11) is 0. The first-order valence-electron chi connectivity index (χ1n) is 3.69. The van der Waals surface area contributed by atoms with Crippen LogP contribution in [-0.2, 0) is 0 Å². The summed E-state index contributed by atoms with van der Waals surface area (Å²) in [5.74, 6) is 1.58. The molecule has 58 valence electrons. The van der Waals surface area contributed by atoms with Crippen molar-refractivity contribution in [3.05, 3.63) is 24.0 Å². The van der Waals surface area contributed by atoms with Crippen LogP contribution in [0.1, 0.15) is 11.6 Å². The summed E-state index contributed by atoms with van der Waals surface area (Å²) in [4.78, 5) is 5.62. The molecule has 0 fully saturated rings. The normalized spacial score (nSPS) is 21.7. The average Bonchev–Trinajstić information content (AvgIpc) is 2.47. The zero-order chi connectivity index (χ0) is 7.68. The molecule has 0 unspecified atom stereocenters. The lowest BCUT2D eigenvalue weighted by molar-refractivity contribution is 0.755. The number of hydrogen-bond acceptors (Lipinski definition) is 3. The van der Waals surface area contributed by atoms with Gasteiger partial charge in [-0.3, -0.25) is 4.98 Å². The van der Waals surface area contributed by atoms with Crippen molar-refractivity contribution in [2.45, 2.75) is 10.8 Å². The largest absolute Gasteiger partial charge is 0.330 e. The van der Waals surface area contributed by atoms with E-state index in [0.29, 0.717) is 5.92 Å². The van der Waals surface area contributed by atoms with Gasteiger partial charge in [-0.25, -0.2) is 0 Å². The SMILES string of the molecule is NC[C@H]1CSc2cccnc21. The molecule has 1 aliphatic rings. The third-order valence-electron chi connectivity index (χ3n) is 1.91. The summed E-state index contributed by atoms with van der Waals surface area (Å²) in [5, 5.41) is 0. The van der Waals surface area contributed by atoms with Gasteiger partial charge in [0.05, 0.1) is 5.69 Å². The molecule has 11 heavy (non-hydrogen) atoms. The highest BCUT2D eigenvalue weighted by Crippen LogP contribution is 2.36. The van der Waals surface area contributed by atoms with Crippen LogP contribution >= 0.6 is 11.8 Å². The van der Waals surface area contributed by atoms with Gasteiger partial charge in [0.25, 0.3) is 0 Å². The van der Waals surface area contributed by atoms with Crippen LogP contribution in [0.5, 0.6) is 0 Å². The third-order valence-corrected chi connectivity index (χ3v) is 3.14. The van der Waals surface area contributed by atoms with Gasteiger partial charge in [-0.15, -0.1) is 11.8 Å². The molecule has 0 spiro atoms. The van der Waals surface area contributed by atoms with Gasteiger partial charge < -0.3 is 5.73 Å². The lowest BCUT2D eigenvalue weighted by Gasteiger charge is -2.03. The van der Waals surface area contributed by atoms with Crippen LogP contribution in [0.15, 0.2) is 23.2 Å². The molecule has 2 nitrogen and oxygen atoms in total. The molecule has 3 heteroatoms. The van der Waals surface area contributed by atoms with Crippen molar-refractivity contribution < 1.29 is 0 Å². The topological polar surface area (TPSA) is 38.9 Å². The van der Waals surface area contributed by atoms with Gasteiger partial charge in [0.1, 0.15) is 0 Å². The summed E-state index contributed by atoms with van der Waals surface area (Å²) in [5.41, 5.74) is 6.79. The van der Waals surface area contributed by atoms with E-state index in [1.54, 1.807) is 0 Å². The fraction of sp³-hybridized carbons (Fsp3) is 0.375. The van der Waals surface area contributed by atoms with E-state index in [0.717, 1.165) is 12.3 Å². The Labute approximate surface area is 70.2 Å². The molecule has 1 aliphatic heterocycles. The minimum absolute atomic E-state index is 0.483. The van der Waals surface area contributed by atoms with Crippen LogP contribution in [0.25, 0.3) is 0 Å². The van der Waals surface area contributed by atoms with Gasteiger partial charge in [-0.2, -0.15) is 0 Å². The van der Waals surface area contributed by atoms with Crippen LogP contribution in [0.4, 0.5) is 0 Å². The van der Waals surface area contributed by atoms with Gasteiger partial charge >= 0.3 is 0 Å². The smallest absolute Gasteiger partial charge is 0.0591 e. The second-order valence-corrected chi connectivity index (χ2v) is 3.69. The van der Waals surface area contributed by atoms with Gasteiger partial charge in [0.15, 0.2) is 0 Å². The molecule has 2 rings (SSSR count). The van der Waals surface area contributed by atoms with E-state index in [1.165, 1.54) is 10.6 Å². The molecule has 0 bridgehead atoms. The molecule has 1 aromatic rings. The van der Waals surface area contributed by atoms with Crippen molar-refractivity contribution in [2.24, 2.45) is 5.73 Å². The molecule has 2 heterocycles. The van der Waals surface area contributed by atoms with Gasteiger partial charge in [0, 0.05) is 29.3 Å². The maximum absolute atomic E-state index is 5.60. The van der Waals surface area contributed by atoms with E-state index in [9.17, 15) is 0 Å². The molecular formula is C8H10N2S. The van der Waals surface area contributed by atoms with E-state index in [-0.39, 0.29) is 0 Å². The summed E-state index contributed by atoms with van der Waals surface area (Å²) in [6.07, 6.45) is 1.84. The second kappa shape index (κ2) is 2.83. The molecule has 1 aromatic heterocycles. The fourth-order valence-corrected chi connectivity index (χ4v) is 2.50. The Morgan fingerprint density at radius 2 is 2.64 bits per heavy atom. The van der Waals surface area contributed by atoms with E-state index in [2.05, 4.69) is 11.1 Å². The van der Waals surface area contributed by atoms with Crippen molar-refractivity contribution in [3.63, 3.8) is 0 Å². The summed E-state index contributed by atoms with van der Waals surface area (Å²) < 4.78 is 0. The zero-order valence-electron chi connectivity index (χ0n) is 6.16. The maximum atomic E-state index is 5.60. The molecule has 0 aromatic carbocycles. The number of nitrogens with zero attached hydrogens (tertiary/aromatic N) is 1. The van der Waals surface area contributed by atoms with Crippen LogP contribution in [0.2, 0.25) is 0 Å². The van der Waals surface area contributed by atoms with Crippen molar-refractivity contribution in [1.82, 2.24) is 4.98 Å². The van der Waals surface area contributed by atoms with Gasteiger partial charge in [-0.1, -0.05) is 0 Å². The highest BCUT2D eigenvalue weighted by molar-refractivity contribution is 7.99. The first kappa shape index (κ1) is 7.13. The number of nitrogens with two attached hydrogens (primary N) is 1. The first-order chi connectivity index (χ1) is 5.42. The van der Waals surface area contributed by atoms with E-state index < -0.39 is 0 Å². The van der Waals surface area contributed by atoms with Crippen LogP contribution < -0.4 is 5.73 Å². The highest BCUT2D eigenvalue weighted by Gasteiger charge is 2.22. The van der Waals surface area contributed by atoms with Gasteiger partial charge in [0.2, 0.25) is 0 Å². The van der Waals surface area contributed by atoms with E-state index >= 15 is 0 Å². The van der Waals surface area contributed by atoms with Crippen LogP contribution in [-0.4, -0.2) is 17.3 Å². The Morgan fingerprint density at radius 3 is 3.45 bits per heavy atom. The molecule has 0 saturated carbocycles. The summed E-state index contributed by atoms with van der Waals surface area (Å²) in [6.45, 7) is 0.719. The molecule has 0 saturated heterocycles. The van der Waals surface area contributed by atoms with Crippen LogP contribution in [0, 0.1) is 0 Å². The predicted octanol–water partition coefficient (Wildman–Crippen LogP) is 1.23. The molecule has 0 radical (unpaired) electrons. The monoisotopic (exact) mass is 166 g/mol. The summed E-state index contributed by atoms with van der Waals surface area (Å²) in [6, 6.07) is 4.09. The molecule has 0 amide bonds. The minimum Gasteiger partial charge on any atom is -0.330 e. The van der Waals surface area contributed by atoms with Crippen molar-refractivity contribution in [3.8, 4) is 0 Å². The lowest BCUT2D eigenvalue weighted by Crippen LogP contribution is -2.12. The number of fused-ring (bicyclic) bond motifs is 1.